The Kier molecular flexibility index (Phi) is 5.11. The van der Waals surface area contributed by atoms with Crippen molar-refractivity contribution in [3.63, 3.8) is 0 Å². The number of aliphatic hydroxyl groups excluding tert-OH is 1. The largest absolute Gasteiger partial charge is 0.389 e. The molecule has 1 fully saturated rings. The molecular weight excluding hydrogens is 320 g/mol. The van der Waals surface area contributed by atoms with Gasteiger partial charge in [-0.3, -0.25) is 9.69 Å². The highest BCUT2D eigenvalue weighted by molar-refractivity contribution is 6.06. The second-order valence-electron chi connectivity index (χ2n) is 7.10. The number of aliphatic hydroxyl groups is 1. The number of β-amino-alcohol motifs (C(OH)–C–C–N with tert-alkyl or cyclic N) is 1. The van der Waals surface area contributed by atoms with E-state index in [1.165, 1.54) is 11.1 Å². The molecule has 1 aromatic carbocycles. The molecule has 6 heteroatoms. The number of carbonyl (C=O) groups excluding carboxylic acids is 2. The van der Waals surface area contributed by atoms with Crippen LogP contribution in [0.4, 0.5) is 4.79 Å². The van der Waals surface area contributed by atoms with Gasteiger partial charge in [-0.15, -0.1) is 0 Å². The van der Waals surface area contributed by atoms with Gasteiger partial charge in [0.25, 0.3) is 5.91 Å². The van der Waals surface area contributed by atoms with Crippen molar-refractivity contribution in [3.05, 3.63) is 35.4 Å². The molecule has 6 nitrogen and oxygen atoms in total. The highest BCUT2D eigenvalue weighted by Gasteiger charge is 2.46. The van der Waals surface area contributed by atoms with Crippen LogP contribution in [0.25, 0.3) is 0 Å². The van der Waals surface area contributed by atoms with E-state index in [9.17, 15) is 14.7 Å². The summed E-state index contributed by atoms with van der Waals surface area (Å²) in [6.45, 7) is 3.60. The Bertz CT molecular complexity index is 663. The summed E-state index contributed by atoms with van der Waals surface area (Å²) in [7, 11) is 0. The number of hydrogen-bond acceptors (Lipinski definition) is 4. The van der Waals surface area contributed by atoms with Crippen molar-refractivity contribution >= 4 is 11.9 Å². The molecule has 0 bridgehead atoms. The van der Waals surface area contributed by atoms with Gasteiger partial charge in [-0.1, -0.05) is 31.2 Å². The molecule has 3 amide bonds. The molecule has 1 heterocycles. The second-order valence-corrected chi connectivity index (χ2v) is 7.10. The van der Waals surface area contributed by atoms with Crippen molar-refractivity contribution in [3.8, 4) is 0 Å². The fourth-order valence-corrected chi connectivity index (χ4v) is 3.53. The third-order valence-corrected chi connectivity index (χ3v) is 5.25. The highest BCUT2D eigenvalue weighted by Crippen LogP contribution is 2.32. The van der Waals surface area contributed by atoms with Crippen molar-refractivity contribution in [2.24, 2.45) is 0 Å². The van der Waals surface area contributed by atoms with Crippen LogP contribution in [0.1, 0.15) is 50.3 Å². The van der Waals surface area contributed by atoms with Crippen molar-refractivity contribution in [2.75, 3.05) is 13.2 Å². The van der Waals surface area contributed by atoms with Crippen LogP contribution in [0.3, 0.4) is 0 Å². The minimum atomic E-state index is -0.900. The third-order valence-electron chi connectivity index (χ3n) is 5.25. The van der Waals surface area contributed by atoms with Gasteiger partial charge in [0.15, 0.2) is 0 Å². The second kappa shape index (κ2) is 7.14. The Morgan fingerprint density at radius 1 is 1.40 bits per heavy atom. The van der Waals surface area contributed by atoms with E-state index in [1.54, 1.807) is 6.92 Å². The number of rotatable bonds is 6. The Balaban J connectivity index is 1.57. The summed E-state index contributed by atoms with van der Waals surface area (Å²) in [6.07, 6.45) is 2.60. The van der Waals surface area contributed by atoms with Crippen LogP contribution in [0.2, 0.25) is 0 Å². The van der Waals surface area contributed by atoms with Crippen LogP contribution in [0, 0.1) is 0 Å². The van der Waals surface area contributed by atoms with Crippen molar-refractivity contribution < 1.29 is 19.4 Å². The number of hydrogen-bond donors (Lipinski definition) is 2. The molecule has 1 aliphatic heterocycles. The molecule has 0 spiro atoms. The van der Waals surface area contributed by atoms with E-state index >= 15 is 0 Å². The third kappa shape index (κ3) is 3.55. The minimum absolute atomic E-state index is 0.0383. The Hall–Kier alpha value is -1.92. The van der Waals surface area contributed by atoms with Gasteiger partial charge in [0.1, 0.15) is 5.54 Å². The average molecular weight is 346 g/mol. The molecular formula is C19H26N2O4. The van der Waals surface area contributed by atoms with E-state index < -0.39 is 17.7 Å². The number of ether oxygens (including phenoxy) is 1. The SMILES string of the molecule is CC[C@]1(C)NC(=O)N(C[C@@H](O)CO[C@@H]2CCCc3ccccc32)C1=O. The van der Waals surface area contributed by atoms with E-state index in [0.29, 0.717) is 6.42 Å². The lowest BCUT2D eigenvalue weighted by Gasteiger charge is -2.27. The lowest BCUT2D eigenvalue weighted by molar-refractivity contribution is -0.132. The van der Waals surface area contributed by atoms with Crippen molar-refractivity contribution in [2.45, 2.75) is 57.3 Å². The maximum absolute atomic E-state index is 12.4. The predicted molar refractivity (Wildman–Crippen MR) is 93.0 cm³/mol. The maximum atomic E-state index is 12.4. The monoisotopic (exact) mass is 346 g/mol. The quantitative estimate of drug-likeness (QED) is 0.774. The van der Waals surface area contributed by atoms with Gasteiger partial charge in [-0.05, 0) is 43.7 Å². The van der Waals surface area contributed by atoms with Gasteiger partial charge in [-0.2, -0.15) is 0 Å². The summed E-state index contributed by atoms with van der Waals surface area (Å²) >= 11 is 0. The van der Waals surface area contributed by atoms with Crippen LogP contribution < -0.4 is 5.32 Å². The van der Waals surface area contributed by atoms with Crippen LogP contribution in [-0.4, -0.2) is 46.7 Å². The van der Waals surface area contributed by atoms with Gasteiger partial charge in [-0.25, -0.2) is 4.79 Å². The van der Waals surface area contributed by atoms with Gasteiger partial charge in [0.05, 0.1) is 25.4 Å². The molecule has 0 radical (unpaired) electrons. The highest BCUT2D eigenvalue weighted by atomic mass is 16.5. The smallest absolute Gasteiger partial charge is 0.325 e. The first-order valence-corrected chi connectivity index (χ1v) is 8.96. The first-order valence-electron chi connectivity index (χ1n) is 8.96. The summed E-state index contributed by atoms with van der Waals surface area (Å²) < 4.78 is 5.91. The zero-order chi connectivity index (χ0) is 18.0. The first-order chi connectivity index (χ1) is 11.9. The summed E-state index contributed by atoms with van der Waals surface area (Å²) in [6, 6.07) is 7.75. The Morgan fingerprint density at radius 2 is 2.16 bits per heavy atom. The molecule has 1 aliphatic carbocycles. The van der Waals surface area contributed by atoms with Gasteiger partial charge in [0, 0.05) is 0 Å². The van der Waals surface area contributed by atoms with E-state index in [-0.39, 0.29) is 25.2 Å². The minimum Gasteiger partial charge on any atom is -0.389 e. The molecule has 3 rings (SSSR count). The first kappa shape index (κ1) is 17.9. The molecule has 25 heavy (non-hydrogen) atoms. The summed E-state index contributed by atoms with van der Waals surface area (Å²) in [5.41, 5.74) is 1.59. The number of benzene rings is 1. The Labute approximate surface area is 148 Å². The van der Waals surface area contributed by atoms with Crippen molar-refractivity contribution in [1.82, 2.24) is 10.2 Å². The number of imide groups is 1. The number of carbonyl (C=O) groups is 2. The fraction of sp³-hybridized carbons (Fsp3) is 0.579. The van der Waals surface area contributed by atoms with Crippen molar-refractivity contribution in [1.29, 1.82) is 0 Å². The van der Waals surface area contributed by atoms with E-state index in [1.807, 2.05) is 19.1 Å². The molecule has 2 N–H and O–H groups in total. The van der Waals surface area contributed by atoms with Crippen LogP contribution in [0.15, 0.2) is 24.3 Å². The van der Waals surface area contributed by atoms with Crippen LogP contribution >= 0.6 is 0 Å². The van der Waals surface area contributed by atoms with Crippen LogP contribution in [0.5, 0.6) is 0 Å². The molecule has 0 aromatic heterocycles. The molecule has 136 valence electrons. The summed E-state index contributed by atoms with van der Waals surface area (Å²) in [5, 5.41) is 13.0. The van der Waals surface area contributed by atoms with E-state index in [4.69, 9.17) is 4.74 Å². The number of nitrogens with one attached hydrogen (secondary N) is 1. The standard InChI is InChI=1S/C19H26N2O4/c1-3-19(2)17(23)21(18(24)20-19)11-14(22)12-25-16-10-6-8-13-7-4-5-9-15(13)16/h4-5,7,9,14,16,22H,3,6,8,10-12H2,1-2H3,(H,20,24)/t14-,16-,19+/m1/s1. The topological polar surface area (TPSA) is 78.9 Å². The molecule has 0 saturated carbocycles. The summed E-state index contributed by atoms with van der Waals surface area (Å²) in [4.78, 5) is 25.5. The summed E-state index contributed by atoms with van der Waals surface area (Å²) in [5.74, 6) is -0.290. The average Bonchev–Trinajstić information content (AvgIpc) is 2.83. The molecule has 1 aromatic rings. The van der Waals surface area contributed by atoms with Gasteiger partial charge in [0.2, 0.25) is 0 Å². The number of fused-ring (bicyclic) bond motifs is 1. The van der Waals surface area contributed by atoms with E-state index in [2.05, 4.69) is 17.4 Å². The zero-order valence-electron chi connectivity index (χ0n) is 14.8. The van der Waals surface area contributed by atoms with Gasteiger partial charge < -0.3 is 15.2 Å². The number of nitrogens with zero attached hydrogens (tertiary/aromatic N) is 1. The van der Waals surface area contributed by atoms with E-state index in [0.717, 1.165) is 24.2 Å². The predicted octanol–water partition coefficient (Wildman–Crippen LogP) is 2.16. The lowest BCUT2D eigenvalue weighted by atomic mass is 9.89. The zero-order valence-corrected chi connectivity index (χ0v) is 14.8. The number of amides is 3. The molecule has 3 atom stereocenters. The van der Waals surface area contributed by atoms with Gasteiger partial charge >= 0.3 is 6.03 Å². The molecule has 1 saturated heterocycles. The molecule has 0 unspecified atom stereocenters. The number of aryl methyl sites for hydroxylation is 1. The Morgan fingerprint density at radius 3 is 2.88 bits per heavy atom. The normalized spacial score (nSPS) is 27.2. The molecule has 2 aliphatic rings. The number of urea groups is 1. The van der Waals surface area contributed by atoms with Crippen LogP contribution in [-0.2, 0) is 16.0 Å². The lowest BCUT2D eigenvalue weighted by Crippen LogP contribution is -2.44. The maximum Gasteiger partial charge on any atom is 0.325 e. The fourth-order valence-electron chi connectivity index (χ4n) is 3.53.